The van der Waals surface area contributed by atoms with Crippen molar-refractivity contribution in [2.45, 2.75) is 33.2 Å². The zero-order valence-electron chi connectivity index (χ0n) is 12.4. The van der Waals surface area contributed by atoms with E-state index in [1.165, 1.54) is 7.11 Å². The second-order valence-electron chi connectivity index (χ2n) is 5.72. The summed E-state index contributed by atoms with van der Waals surface area (Å²) in [4.78, 5) is 12.0. The van der Waals surface area contributed by atoms with Gasteiger partial charge in [0.1, 0.15) is 17.5 Å². The van der Waals surface area contributed by atoms with Crippen LogP contribution in [0.1, 0.15) is 32.8 Å². The molecule has 108 valence electrons. The molecular weight excluding hydrogens is 254 g/mol. The van der Waals surface area contributed by atoms with Crippen LogP contribution in [-0.4, -0.2) is 19.1 Å². The van der Waals surface area contributed by atoms with Gasteiger partial charge in [0.25, 0.3) is 0 Å². The van der Waals surface area contributed by atoms with E-state index in [1.54, 1.807) is 18.2 Å². The first-order valence-electron chi connectivity index (χ1n) is 6.42. The molecule has 0 saturated carbocycles. The molecule has 1 atom stereocenters. The molecule has 0 bridgehead atoms. The molecule has 0 aromatic heterocycles. The topological polar surface area (TPSA) is 88.1 Å². The molecule has 5 heteroatoms. The average Bonchev–Trinajstić information content (AvgIpc) is 2.37. The van der Waals surface area contributed by atoms with Crippen molar-refractivity contribution in [2.75, 3.05) is 12.4 Å². The first kappa shape index (κ1) is 16.0. The highest BCUT2D eigenvalue weighted by Crippen LogP contribution is 2.28. The van der Waals surface area contributed by atoms with Gasteiger partial charge >= 0.3 is 0 Å². The van der Waals surface area contributed by atoms with E-state index in [9.17, 15) is 4.79 Å². The lowest BCUT2D eigenvalue weighted by Gasteiger charge is -2.26. The van der Waals surface area contributed by atoms with Gasteiger partial charge in [0.15, 0.2) is 0 Å². The lowest BCUT2D eigenvalue weighted by Crippen LogP contribution is -2.38. The van der Waals surface area contributed by atoms with Crippen LogP contribution in [0.4, 0.5) is 5.69 Å². The minimum Gasteiger partial charge on any atom is -0.495 e. The number of anilines is 1. The van der Waals surface area contributed by atoms with Crippen molar-refractivity contribution in [3.8, 4) is 11.8 Å². The molecule has 0 radical (unpaired) electrons. The van der Waals surface area contributed by atoms with Gasteiger partial charge in [-0.2, -0.15) is 5.26 Å². The summed E-state index contributed by atoms with van der Waals surface area (Å²) in [6.07, 6.45) is 0.187. The predicted molar refractivity (Wildman–Crippen MR) is 78.4 cm³/mol. The second kappa shape index (κ2) is 6.40. The molecule has 20 heavy (non-hydrogen) atoms. The van der Waals surface area contributed by atoms with Gasteiger partial charge in [0.2, 0.25) is 5.91 Å². The summed E-state index contributed by atoms with van der Waals surface area (Å²) in [5.41, 5.74) is 6.59. The lowest BCUT2D eigenvalue weighted by atomic mass is 9.85. The van der Waals surface area contributed by atoms with Crippen molar-refractivity contribution in [1.82, 2.24) is 0 Å². The smallest absolute Gasteiger partial charge is 0.226 e. The number of nitrogens with one attached hydrogen (secondary N) is 1. The summed E-state index contributed by atoms with van der Waals surface area (Å²) in [5.74, 6) is 0.232. The quantitative estimate of drug-likeness (QED) is 0.882. The molecule has 0 aliphatic heterocycles. The van der Waals surface area contributed by atoms with Crippen LogP contribution in [-0.2, 0) is 4.79 Å². The van der Waals surface area contributed by atoms with Crippen LogP contribution in [0.2, 0.25) is 0 Å². The van der Waals surface area contributed by atoms with Gasteiger partial charge in [-0.05, 0) is 17.5 Å². The molecule has 0 aliphatic rings. The number of rotatable bonds is 4. The van der Waals surface area contributed by atoms with Crippen LogP contribution < -0.4 is 15.8 Å². The molecule has 0 saturated heterocycles. The number of carbonyl (C=O) groups excluding carboxylic acids is 1. The van der Waals surface area contributed by atoms with Crippen LogP contribution in [0, 0.1) is 16.7 Å². The molecular formula is C15H21N3O2. The zero-order valence-corrected chi connectivity index (χ0v) is 12.4. The van der Waals surface area contributed by atoms with Crippen LogP contribution >= 0.6 is 0 Å². The third-order valence-electron chi connectivity index (χ3n) is 3.15. The molecule has 1 aromatic carbocycles. The number of para-hydroxylation sites is 1. The SMILES string of the molecule is COc1cccc(C#N)c1NC(=O)CC(N)C(C)(C)C. The molecule has 0 aliphatic carbocycles. The maximum Gasteiger partial charge on any atom is 0.226 e. The monoisotopic (exact) mass is 275 g/mol. The Bertz CT molecular complexity index is 527. The fraction of sp³-hybridized carbons (Fsp3) is 0.467. The Kier molecular flexibility index (Phi) is 5.12. The summed E-state index contributed by atoms with van der Waals surface area (Å²) in [5, 5.41) is 11.8. The predicted octanol–water partition coefficient (Wildman–Crippen LogP) is 2.27. The van der Waals surface area contributed by atoms with Gasteiger partial charge in [0, 0.05) is 12.5 Å². The molecule has 1 amide bonds. The Hall–Kier alpha value is -2.06. The molecule has 1 aromatic rings. The minimum atomic E-state index is -0.261. The zero-order chi connectivity index (χ0) is 15.3. The number of methoxy groups -OCH3 is 1. The van der Waals surface area contributed by atoms with Crippen molar-refractivity contribution in [3.63, 3.8) is 0 Å². The summed E-state index contributed by atoms with van der Waals surface area (Å²) in [7, 11) is 1.49. The van der Waals surface area contributed by atoms with E-state index >= 15 is 0 Å². The van der Waals surface area contributed by atoms with Crippen molar-refractivity contribution in [3.05, 3.63) is 23.8 Å². The maximum atomic E-state index is 12.0. The Labute approximate surface area is 119 Å². The third kappa shape index (κ3) is 3.97. The van der Waals surface area contributed by atoms with Crippen LogP contribution in [0.15, 0.2) is 18.2 Å². The van der Waals surface area contributed by atoms with Crippen molar-refractivity contribution >= 4 is 11.6 Å². The fourth-order valence-corrected chi connectivity index (χ4v) is 1.62. The molecule has 0 fully saturated rings. The fourth-order valence-electron chi connectivity index (χ4n) is 1.62. The van der Waals surface area contributed by atoms with Gasteiger partial charge < -0.3 is 15.8 Å². The molecule has 3 N–H and O–H groups in total. The first-order chi connectivity index (χ1) is 9.29. The lowest BCUT2D eigenvalue weighted by molar-refractivity contribution is -0.117. The van der Waals surface area contributed by atoms with E-state index in [2.05, 4.69) is 5.32 Å². The number of hydrogen-bond donors (Lipinski definition) is 2. The van der Waals surface area contributed by atoms with Crippen molar-refractivity contribution in [1.29, 1.82) is 5.26 Å². The Balaban J connectivity index is 2.89. The Morgan fingerprint density at radius 2 is 2.15 bits per heavy atom. The van der Waals surface area contributed by atoms with Gasteiger partial charge in [-0.3, -0.25) is 4.79 Å². The normalized spacial score (nSPS) is 12.4. The number of hydrogen-bond acceptors (Lipinski definition) is 4. The van der Waals surface area contributed by atoms with E-state index < -0.39 is 0 Å². The number of nitrogens with zero attached hydrogens (tertiary/aromatic N) is 1. The number of carbonyl (C=O) groups is 1. The number of ether oxygens (including phenoxy) is 1. The molecule has 0 heterocycles. The number of nitriles is 1. The number of amides is 1. The van der Waals surface area contributed by atoms with Crippen LogP contribution in [0.5, 0.6) is 5.75 Å². The summed E-state index contributed by atoms with van der Waals surface area (Å²) in [6, 6.07) is 6.80. The van der Waals surface area contributed by atoms with E-state index in [1.807, 2.05) is 26.8 Å². The van der Waals surface area contributed by atoms with Gasteiger partial charge in [-0.15, -0.1) is 0 Å². The van der Waals surface area contributed by atoms with Crippen LogP contribution in [0.3, 0.4) is 0 Å². The van der Waals surface area contributed by atoms with Gasteiger partial charge in [-0.25, -0.2) is 0 Å². The first-order valence-corrected chi connectivity index (χ1v) is 6.42. The molecule has 1 unspecified atom stereocenters. The Morgan fingerprint density at radius 3 is 2.65 bits per heavy atom. The van der Waals surface area contributed by atoms with Gasteiger partial charge in [0.05, 0.1) is 12.7 Å². The molecule has 0 spiro atoms. The highest BCUT2D eigenvalue weighted by atomic mass is 16.5. The standard InChI is InChI=1S/C15H21N3O2/c1-15(2,3)12(17)8-13(19)18-14-10(9-16)6-5-7-11(14)20-4/h5-7,12H,8,17H2,1-4H3,(H,18,19). The summed E-state index contributed by atoms with van der Waals surface area (Å²) >= 11 is 0. The summed E-state index contributed by atoms with van der Waals surface area (Å²) < 4.78 is 5.16. The van der Waals surface area contributed by atoms with Crippen LogP contribution in [0.25, 0.3) is 0 Å². The third-order valence-corrected chi connectivity index (χ3v) is 3.15. The van der Waals surface area contributed by atoms with Gasteiger partial charge in [-0.1, -0.05) is 26.8 Å². The minimum absolute atomic E-state index is 0.157. The largest absolute Gasteiger partial charge is 0.495 e. The highest BCUT2D eigenvalue weighted by Gasteiger charge is 2.24. The molecule has 5 nitrogen and oxygen atoms in total. The number of nitrogens with two attached hydrogens (primary N) is 1. The van der Waals surface area contributed by atoms with E-state index in [4.69, 9.17) is 15.7 Å². The van der Waals surface area contributed by atoms with E-state index in [-0.39, 0.29) is 23.8 Å². The average molecular weight is 275 g/mol. The second-order valence-corrected chi connectivity index (χ2v) is 5.72. The summed E-state index contributed by atoms with van der Waals surface area (Å²) in [6.45, 7) is 5.94. The molecule has 1 rings (SSSR count). The van der Waals surface area contributed by atoms with E-state index in [0.29, 0.717) is 17.0 Å². The highest BCUT2D eigenvalue weighted by molar-refractivity contribution is 5.94. The Morgan fingerprint density at radius 1 is 1.50 bits per heavy atom. The van der Waals surface area contributed by atoms with E-state index in [0.717, 1.165) is 0 Å². The van der Waals surface area contributed by atoms with Crippen molar-refractivity contribution in [2.24, 2.45) is 11.1 Å². The number of benzene rings is 1. The van der Waals surface area contributed by atoms with Crippen molar-refractivity contribution < 1.29 is 9.53 Å². The maximum absolute atomic E-state index is 12.0.